The van der Waals surface area contributed by atoms with Crippen LogP contribution in [0.15, 0.2) is 24.3 Å². The molecule has 0 bridgehead atoms. The van der Waals surface area contributed by atoms with Crippen molar-refractivity contribution >= 4 is 17.5 Å². The Hall–Kier alpha value is -1.84. The summed E-state index contributed by atoms with van der Waals surface area (Å²) in [6.45, 7) is 7.89. The van der Waals surface area contributed by atoms with Crippen molar-refractivity contribution in [3.05, 3.63) is 29.8 Å². The first-order chi connectivity index (χ1) is 9.99. The molecule has 1 aliphatic rings. The molecule has 1 saturated heterocycles. The van der Waals surface area contributed by atoms with E-state index in [0.29, 0.717) is 0 Å². The van der Waals surface area contributed by atoms with E-state index in [4.69, 9.17) is 0 Å². The number of hydrogen-bond donors (Lipinski definition) is 1. The van der Waals surface area contributed by atoms with E-state index in [1.807, 2.05) is 38.1 Å². The average molecular weight is 288 g/mol. The number of aryl methyl sites for hydroxylation is 1. The van der Waals surface area contributed by atoms with E-state index in [-0.39, 0.29) is 17.7 Å². The first-order valence-corrected chi connectivity index (χ1v) is 7.72. The van der Waals surface area contributed by atoms with E-state index in [1.165, 1.54) is 5.56 Å². The van der Waals surface area contributed by atoms with Gasteiger partial charge in [0.2, 0.25) is 5.91 Å². The zero-order valence-corrected chi connectivity index (χ0v) is 13.2. The van der Waals surface area contributed by atoms with Crippen LogP contribution in [0.5, 0.6) is 0 Å². The molecule has 0 spiro atoms. The lowest BCUT2D eigenvalue weighted by Gasteiger charge is -2.39. The molecule has 1 aliphatic heterocycles. The number of rotatable bonds is 4. The van der Waals surface area contributed by atoms with Crippen molar-refractivity contribution in [2.75, 3.05) is 4.90 Å². The third-order valence-electron chi connectivity index (χ3n) is 4.40. The summed E-state index contributed by atoms with van der Waals surface area (Å²) in [7, 11) is 0. The van der Waals surface area contributed by atoms with E-state index in [9.17, 15) is 9.59 Å². The molecule has 1 heterocycles. The first kappa shape index (κ1) is 15.5. The Balaban J connectivity index is 2.33. The van der Waals surface area contributed by atoms with E-state index in [2.05, 4.69) is 12.2 Å². The van der Waals surface area contributed by atoms with Crippen molar-refractivity contribution in [2.45, 2.75) is 52.6 Å². The monoisotopic (exact) mass is 288 g/mol. The van der Waals surface area contributed by atoms with Crippen LogP contribution in [0.3, 0.4) is 0 Å². The van der Waals surface area contributed by atoms with Crippen LogP contribution < -0.4 is 10.2 Å². The van der Waals surface area contributed by atoms with Gasteiger partial charge in [0.15, 0.2) is 0 Å². The highest BCUT2D eigenvalue weighted by Crippen LogP contribution is 2.25. The standard InChI is InChI=1S/C17H24N2O2/c1-5-11(3)15-17(21)19(12(4)16(20)18-15)14-9-7-13(6-2)8-10-14/h7-12,15H,5-6H2,1-4H3,(H,18,20). The fraction of sp³-hybridized carbons (Fsp3) is 0.529. The topological polar surface area (TPSA) is 49.4 Å². The van der Waals surface area contributed by atoms with Gasteiger partial charge >= 0.3 is 0 Å². The molecular weight excluding hydrogens is 264 g/mol. The number of hydrogen-bond acceptors (Lipinski definition) is 2. The van der Waals surface area contributed by atoms with Gasteiger partial charge in [-0.2, -0.15) is 0 Å². The Labute approximate surface area is 126 Å². The highest BCUT2D eigenvalue weighted by molar-refractivity contribution is 6.08. The van der Waals surface area contributed by atoms with Crippen molar-refractivity contribution in [3.8, 4) is 0 Å². The van der Waals surface area contributed by atoms with Crippen molar-refractivity contribution in [3.63, 3.8) is 0 Å². The average Bonchev–Trinajstić information content (AvgIpc) is 2.51. The Morgan fingerprint density at radius 1 is 1.19 bits per heavy atom. The van der Waals surface area contributed by atoms with Crippen molar-refractivity contribution in [1.82, 2.24) is 5.32 Å². The summed E-state index contributed by atoms with van der Waals surface area (Å²) in [5.41, 5.74) is 2.02. The lowest BCUT2D eigenvalue weighted by molar-refractivity contribution is -0.134. The van der Waals surface area contributed by atoms with Gasteiger partial charge in [-0.15, -0.1) is 0 Å². The second-order valence-corrected chi connectivity index (χ2v) is 5.78. The predicted molar refractivity (Wildman–Crippen MR) is 84.2 cm³/mol. The van der Waals surface area contributed by atoms with Gasteiger partial charge in [0, 0.05) is 5.69 Å². The number of carbonyl (C=O) groups excluding carboxylic acids is 2. The first-order valence-electron chi connectivity index (χ1n) is 7.72. The molecule has 3 unspecified atom stereocenters. The SMILES string of the molecule is CCc1ccc(N2C(=O)C(C(C)CC)NC(=O)C2C)cc1. The molecule has 21 heavy (non-hydrogen) atoms. The summed E-state index contributed by atoms with van der Waals surface area (Å²) in [5, 5.41) is 2.86. The maximum absolute atomic E-state index is 12.7. The molecule has 1 aromatic rings. The number of carbonyl (C=O) groups is 2. The molecule has 1 fully saturated rings. The number of amides is 2. The normalized spacial score (nSPS) is 23.9. The molecule has 1 aromatic carbocycles. The lowest BCUT2D eigenvalue weighted by atomic mass is 9.94. The third-order valence-corrected chi connectivity index (χ3v) is 4.40. The zero-order valence-electron chi connectivity index (χ0n) is 13.2. The van der Waals surface area contributed by atoms with Crippen molar-refractivity contribution in [1.29, 1.82) is 0 Å². The lowest BCUT2D eigenvalue weighted by Crippen LogP contribution is -2.64. The van der Waals surface area contributed by atoms with Gasteiger partial charge in [-0.1, -0.05) is 39.3 Å². The van der Waals surface area contributed by atoms with Gasteiger partial charge < -0.3 is 5.32 Å². The molecule has 0 radical (unpaired) electrons. The Bertz CT molecular complexity index is 524. The van der Waals surface area contributed by atoms with E-state index in [0.717, 1.165) is 18.5 Å². The fourth-order valence-corrected chi connectivity index (χ4v) is 2.66. The minimum atomic E-state index is -0.467. The van der Waals surface area contributed by atoms with Crippen LogP contribution in [0.1, 0.15) is 39.7 Å². The summed E-state index contributed by atoms with van der Waals surface area (Å²) in [6.07, 6.45) is 1.81. The van der Waals surface area contributed by atoms with Crippen LogP contribution in [0.4, 0.5) is 5.69 Å². The summed E-state index contributed by atoms with van der Waals surface area (Å²) in [5.74, 6) is 0.0338. The van der Waals surface area contributed by atoms with Crippen LogP contribution in [0, 0.1) is 5.92 Å². The number of piperazine rings is 1. The second kappa shape index (κ2) is 6.29. The molecule has 114 valence electrons. The smallest absolute Gasteiger partial charge is 0.250 e. The number of nitrogens with one attached hydrogen (secondary N) is 1. The summed E-state index contributed by atoms with van der Waals surface area (Å²) in [6, 6.07) is 6.99. The fourth-order valence-electron chi connectivity index (χ4n) is 2.66. The summed E-state index contributed by atoms with van der Waals surface area (Å²) >= 11 is 0. The summed E-state index contributed by atoms with van der Waals surface area (Å²) in [4.78, 5) is 26.6. The number of nitrogens with zero attached hydrogens (tertiary/aromatic N) is 1. The Morgan fingerprint density at radius 3 is 2.33 bits per heavy atom. The van der Waals surface area contributed by atoms with Crippen LogP contribution in [0.2, 0.25) is 0 Å². The van der Waals surface area contributed by atoms with Crippen LogP contribution in [0.25, 0.3) is 0 Å². The molecule has 2 rings (SSSR count). The molecule has 0 aliphatic carbocycles. The molecule has 4 heteroatoms. The van der Waals surface area contributed by atoms with Gasteiger partial charge in [-0.25, -0.2) is 0 Å². The van der Waals surface area contributed by atoms with Gasteiger partial charge in [0.05, 0.1) is 0 Å². The third kappa shape index (κ3) is 2.94. The van der Waals surface area contributed by atoms with E-state index >= 15 is 0 Å². The van der Waals surface area contributed by atoms with E-state index in [1.54, 1.807) is 11.8 Å². The van der Waals surface area contributed by atoms with Gasteiger partial charge in [-0.3, -0.25) is 14.5 Å². The minimum Gasteiger partial charge on any atom is -0.342 e. The molecule has 1 N–H and O–H groups in total. The van der Waals surface area contributed by atoms with Crippen LogP contribution >= 0.6 is 0 Å². The Kier molecular flexibility index (Phi) is 4.66. The molecule has 3 atom stereocenters. The molecule has 0 saturated carbocycles. The van der Waals surface area contributed by atoms with Crippen LogP contribution in [-0.4, -0.2) is 23.9 Å². The maximum Gasteiger partial charge on any atom is 0.250 e. The minimum absolute atomic E-state index is 0.0132. The number of anilines is 1. The Morgan fingerprint density at radius 2 is 1.81 bits per heavy atom. The largest absolute Gasteiger partial charge is 0.342 e. The second-order valence-electron chi connectivity index (χ2n) is 5.78. The van der Waals surface area contributed by atoms with Gasteiger partial charge in [0.25, 0.3) is 5.91 Å². The van der Waals surface area contributed by atoms with Gasteiger partial charge in [0.1, 0.15) is 12.1 Å². The van der Waals surface area contributed by atoms with E-state index < -0.39 is 12.1 Å². The highest BCUT2D eigenvalue weighted by Gasteiger charge is 2.40. The molecular formula is C17H24N2O2. The van der Waals surface area contributed by atoms with Crippen molar-refractivity contribution < 1.29 is 9.59 Å². The summed E-state index contributed by atoms with van der Waals surface area (Å²) < 4.78 is 0. The zero-order chi connectivity index (χ0) is 15.6. The molecule has 2 amide bonds. The quantitative estimate of drug-likeness (QED) is 0.925. The molecule has 0 aromatic heterocycles. The van der Waals surface area contributed by atoms with Crippen LogP contribution in [-0.2, 0) is 16.0 Å². The van der Waals surface area contributed by atoms with Crippen molar-refractivity contribution in [2.24, 2.45) is 5.92 Å². The predicted octanol–water partition coefficient (Wildman–Crippen LogP) is 2.52. The molecule has 4 nitrogen and oxygen atoms in total. The highest BCUT2D eigenvalue weighted by atomic mass is 16.2. The van der Waals surface area contributed by atoms with Gasteiger partial charge in [-0.05, 0) is 37.0 Å². The number of benzene rings is 1. The maximum atomic E-state index is 12.7.